The van der Waals surface area contributed by atoms with Crippen molar-refractivity contribution in [2.45, 2.75) is 31.7 Å². The SMILES string of the molecule is Nc1ccc(Cl)cc1N(CCO)C1CCCC1. The van der Waals surface area contributed by atoms with Crippen LogP contribution in [0.2, 0.25) is 5.02 Å². The van der Waals surface area contributed by atoms with Crippen LogP contribution < -0.4 is 10.6 Å². The molecule has 1 saturated carbocycles. The predicted octanol–water partition coefficient (Wildman–Crippen LogP) is 2.66. The highest BCUT2D eigenvalue weighted by molar-refractivity contribution is 6.31. The molecule has 3 N–H and O–H groups in total. The lowest BCUT2D eigenvalue weighted by Crippen LogP contribution is -2.36. The van der Waals surface area contributed by atoms with E-state index in [4.69, 9.17) is 17.3 Å². The van der Waals surface area contributed by atoms with Gasteiger partial charge in [-0.15, -0.1) is 0 Å². The zero-order valence-electron chi connectivity index (χ0n) is 9.90. The Balaban J connectivity index is 2.27. The number of nitrogens with zero attached hydrogens (tertiary/aromatic N) is 1. The van der Waals surface area contributed by atoms with Gasteiger partial charge in [-0.3, -0.25) is 0 Å². The molecule has 0 saturated heterocycles. The van der Waals surface area contributed by atoms with Crippen LogP contribution in [0.5, 0.6) is 0 Å². The average Bonchev–Trinajstić information content (AvgIpc) is 2.83. The summed E-state index contributed by atoms with van der Waals surface area (Å²) >= 11 is 6.02. The monoisotopic (exact) mass is 254 g/mol. The van der Waals surface area contributed by atoms with Gasteiger partial charge < -0.3 is 15.7 Å². The van der Waals surface area contributed by atoms with Crippen molar-refractivity contribution in [1.29, 1.82) is 0 Å². The zero-order chi connectivity index (χ0) is 12.3. The Labute approximate surface area is 107 Å². The van der Waals surface area contributed by atoms with Gasteiger partial charge in [0.1, 0.15) is 0 Å². The lowest BCUT2D eigenvalue weighted by atomic mass is 10.1. The highest BCUT2D eigenvalue weighted by Crippen LogP contribution is 2.33. The van der Waals surface area contributed by atoms with Crippen molar-refractivity contribution in [1.82, 2.24) is 0 Å². The van der Waals surface area contributed by atoms with Gasteiger partial charge in [0.15, 0.2) is 0 Å². The summed E-state index contributed by atoms with van der Waals surface area (Å²) in [6.07, 6.45) is 4.86. The van der Waals surface area contributed by atoms with Gasteiger partial charge in [-0.05, 0) is 31.0 Å². The van der Waals surface area contributed by atoms with Crippen LogP contribution in [0.3, 0.4) is 0 Å². The third kappa shape index (κ3) is 2.85. The number of rotatable bonds is 4. The summed E-state index contributed by atoms with van der Waals surface area (Å²) in [5.41, 5.74) is 7.69. The third-order valence-corrected chi connectivity index (χ3v) is 3.64. The molecule has 0 unspecified atom stereocenters. The molecule has 1 aromatic rings. The maximum atomic E-state index is 9.20. The lowest BCUT2D eigenvalue weighted by Gasteiger charge is -2.31. The summed E-state index contributed by atoms with van der Waals surface area (Å²) in [7, 11) is 0. The molecule has 1 fully saturated rings. The van der Waals surface area contributed by atoms with Crippen molar-refractivity contribution in [3.8, 4) is 0 Å². The first-order chi connectivity index (χ1) is 8.22. The molecular formula is C13H19ClN2O. The molecule has 94 valence electrons. The first kappa shape index (κ1) is 12.5. The second-order valence-corrected chi connectivity index (χ2v) is 4.99. The molecule has 0 heterocycles. The molecule has 17 heavy (non-hydrogen) atoms. The van der Waals surface area contributed by atoms with Crippen LogP contribution in [0.4, 0.5) is 11.4 Å². The van der Waals surface area contributed by atoms with Crippen LogP contribution in [0.25, 0.3) is 0 Å². The molecule has 2 rings (SSSR count). The van der Waals surface area contributed by atoms with E-state index in [2.05, 4.69) is 4.90 Å². The molecule has 4 heteroatoms. The van der Waals surface area contributed by atoms with E-state index in [1.807, 2.05) is 12.1 Å². The number of hydrogen-bond acceptors (Lipinski definition) is 3. The van der Waals surface area contributed by atoms with Gasteiger partial charge in [-0.25, -0.2) is 0 Å². The Kier molecular flexibility index (Phi) is 4.13. The molecule has 0 aromatic heterocycles. The lowest BCUT2D eigenvalue weighted by molar-refractivity contribution is 0.297. The number of halogens is 1. The van der Waals surface area contributed by atoms with Gasteiger partial charge in [0.25, 0.3) is 0 Å². The molecule has 1 aromatic carbocycles. The average molecular weight is 255 g/mol. The third-order valence-electron chi connectivity index (χ3n) is 3.41. The van der Waals surface area contributed by atoms with Crippen molar-refractivity contribution < 1.29 is 5.11 Å². The summed E-state index contributed by atoms with van der Waals surface area (Å²) < 4.78 is 0. The van der Waals surface area contributed by atoms with Gasteiger partial charge in [-0.1, -0.05) is 24.4 Å². The number of aliphatic hydroxyl groups is 1. The molecule has 3 nitrogen and oxygen atoms in total. The van der Waals surface area contributed by atoms with Crippen LogP contribution in [-0.4, -0.2) is 24.3 Å². The second kappa shape index (κ2) is 5.61. The fraction of sp³-hybridized carbons (Fsp3) is 0.538. The van der Waals surface area contributed by atoms with Crippen molar-refractivity contribution in [3.05, 3.63) is 23.2 Å². The topological polar surface area (TPSA) is 49.5 Å². The zero-order valence-corrected chi connectivity index (χ0v) is 10.7. The van der Waals surface area contributed by atoms with E-state index in [1.54, 1.807) is 6.07 Å². The Hall–Kier alpha value is -0.930. The quantitative estimate of drug-likeness (QED) is 0.813. The summed E-state index contributed by atoms with van der Waals surface area (Å²) in [5.74, 6) is 0. The fourth-order valence-corrected chi connectivity index (χ4v) is 2.76. The smallest absolute Gasteiger partial charge is 0.0618 e. The molecule has 0 atom stereocenters. The molecule has 0 spiro atoms. The number of nitrogens with two attached hydrogens (primary N) is 1. The molecule has 0 aliphatic heterocycles. The van der Waals surface area contributed by atoms with Gasteiger partial charge in [-0.2, -0.15) is 0 Å². The molecule has 1 aliphatic rings. The highest BCUT2D eigenvalue weighted by Gasteiger charge is 2.23. The van der Waals surface area contributed by atoms with Gasteiger partial charge >= 0.3 is 0 Å². The summed E-state index contributed by atoms with van der Waals surface area (Å²) in [6.45, 7) is 0.762. The van der Waals surface area contributed by atoms with Crippen LogP contribution in [0.15, 0.2) is 18.2 Å². The Morgan fingerprint density at radius 2 is 2.06 bits per heavy atom. The van der Waals surface area contributed by atoms with Crippen LogP contribution in [0, 0.1) is 0 Å². The Morgan fingerprint density at radius 1 is 1.35 bits per heavy atom. The number of nitrogen functional groups attached to an aromatic ring is 1. The van der Waals surface area contributed by atoms with Crippen molar-refractivity contribution in [2.75, 3.05) is 23.8 Å². The molecule has 0 amide bonds. The molecule has 0 radical (unpaired) electrons. The number of anilines is 2. The van der Waals surface area contributed by atoms with E-state index < -0.39 is 0 Å². The van der Waals surface area contributed by atoms with Crippen molar-refractivity contribution in [3.63, 3.8) is 0 Å². The number of benzene rings is 1. The second-order valence-electron chi connectivity index (χ2n) is 4.56. The van der Waals surface area contributed by atoms with Gasteiger partial charge in [0.05, 0.1) is 18.0 Å². The first-order valence-electron chi connectivity index (χ1n) is 6.15. The van der Waals surface area contributed by atoms with E-state index in [0.29, 0.717) is 17.6 Å². The van der Waals surface area contributed by atoms with E-state index in [9.17, 15) is 5.11 Å². The summed E-state index contributed by atoms with van der Waals surface area (Å²) in [6, 6.07) is 6.01. The normalized spacial score (nSPS) is 16.4. The minimum Gasteiger partial charge on any atom is -0.397 e. The highest BCUT2D eigenvalue weighted by atomic mass is 35.5. The Bertz CT molecular complexity index is 378. The maximum Gasteiger partial charge on any atom is 0.0618 e. The largest absolute Gasteiger partial charge is 0.397 e. The van der Waals surface area contributed by atoms with E-state index in [-0.39, 0.29) is 6.61 Å². The fourth-order valence-electron chi connectivity index (χ4n) is 2.59. The summed E-state index contributed by atoms with van der Waals surface area (Å²) in [5, 5.41) is 9.89. The van der Waals surface area contributed by atoms with Crippen LogP contribution >= 0.6 is 11.6 Å². The first-order valence-corrected chi connectivity index (χ1v) is 6.52. The minimum absolute atomic E-state index is 0.141. The van der Waals surface area contributed by atoms with Gasteiger partial charge in [0, 0.05) is 17.6 Å². The Morgan fingerprint density at radius 3 is 2.71 bits per heavy atom. The van der Waals surface area contributed by atoms with Crippen LogP contribution in [0.1, 0.15) is 25.7 Å². The van der Waals surface area contributed by atoms with Crippen LogP contribution in [-0.2, 0) is 0 Å². The van der Waals surface area contributed by atoms with Crippen molar-refractivity contribution in [2.24, 2.45) is 0 Å². The number of aliphatic hydroxyl groups excluding tert-OH is 1. The van der Waals surface area contributed by atoms with Gasteiger partial charge in [0.2, 0.25) is 0 Å². The minimum atomic E-state index is 0.141. The van der Waals surface area contributed by atoms with E-state index in [0.717, 1.165) is 11.4 Å². The van der Waals surface area contributed by atoms with Crippen molar-refractivity contribution >= 4 is 23.0 Å². The molecule has 1 aliphatic carbocycles. The maximum absolute atomic E-state index is 9.20. The number of hydrogen-bond donors (Lipinski definition) is 2. The predicted molar refractivity (Wildman–Crippen MR) is 72.6 cm³/mol. The molecular weight excluding hydrogens is 236 g/mol. The summed E-state index contributed by atoms with van der Waals surface area (Å²) in [4.78, 5) is 2.20. The van der Waals surface area contributed by atoms with E-state index in [1.165, 1.54) is 25.7 Å². The standard InChI is InChI=1S/C13H19ClN2O/c14-10-5-6-12(15)13(9-10)16(7-8-17)11-3-1-2-4-11/h5-6,9,11,17H,1-4,7-8,15H2. The molecule has 0 bridgehead atoms. The van der Waals surface area contributed by atoms with E-state index >= 15 is 0 Å².